The Kier molecular flexibility index (Phi) is 2.55. The van der Waals surface area contributed by atoms with Crippen molar-refractivity contribution in [1.29, 1.82) is 0 Å². The van der Waals surface area contributed by atoms with Gasteiger partial charge >= 0.3 is 0 Å². The lowest BCUT2D eigenvalue weighted by Crippen LogP contribution is -2.43. The molecule has 2 heteroatoms. The van der Waals surface area contributed by atoms with Gasteiger partial charge in [-0.2, -0.15) is 0 Å². The number of hydrogen-bond acceptors (Lipinski definition) is 2. The predicted molar refractivity (Wildman–Crippen MR) is 48.8 cm³/mol. The van der Waals surface area contributed by atoms with Gasteiger partial charge in [0.2, 0.25) is 0 Å². The lowest BCUT2D eigenvalue weighted by atomic mass is 10.0. The molecule has 0 aliphatic carbocycles. The van der Waals surface area contributed by atoms with Crippen LogP contribution >= 0.6 is 0 Å². The molecular weight excluding hydrogens is 136 g/mol. The van der Waals surface area contributed by atoms with Gasteiger partial charge in [0.15, 0.2) is 0 Å². The van der Waals surface area contributed by atoms with E-state index in [-0.39, 0.29) is 0 Å². The van der Waals surface area contributed by atoms with E-state index in [0.717, 1.165) is 0 Å². The highest BCUT2D eigenvalue weighted by atomic mass is 15.2. The standard InChI is InChI=1S/C9H20N2/c1-8(2)11-6-5-9(3,7-11)10-4/h8,10H,5-7H2,1-4H3. The van der Waals surface area contributed by atoms with Crippen LogP contribution in [-0.4, -0.2) is 36.6 Å². The Morgan fingerprint density at radius 3 is 2.36 bits per heavy atom. The van der Waals surface area contributed by atoms with Crippen LogP contribution in [0.4, 0.5) is 0 Å². The molecular formula is C9H20N2. The van der Waals surface area contributed by atoms with Gasteiger partial charge in [-0.25, -0.2) is 0 Å². The van der Waals surface area contributed by atoms with Crippen LogP contribution in [0.15, 0.2) is 0 Å². The zero-order chi connectivity index (χ0) is 8.48. The first-order valence-corrected chi connectivity index (χ1v) is 4.50. The second-order valence-electron chi connectivity index (χ2n) is 4.12. The van der Waals surface area contributed by atoms with Crippen molar-refractivity contribution in [2.45, 2.75) is 38.8 Å². The summed E-state index contributed by atoms with van der Waals surface area (Å²) in [6, 6.07) is 0.699. The van der Waals surface area contributed by atoms with E-state index < -0.39 is 0 Å². The fourth-order valence-electron chi connectivity index (χ4n) is 1.64. The fraction of sp³-hybridized carbons (Fsp3) is 1.00. The van der Waals surface area contributed by atoms with Gasteiger partial charge in [-0.15, -0.1) is 0 Å². The summed E-state index contributed by atoms with van der Waals surface area (Å²) in [6.07, 6.45) is 1.28. The van der Waals surface area contributed by atoms with Crippen molar-refractivity contribution < 1.29 is 0 Å². The summed E-state index contributed by atoms with van der Waals surface area (Å²) >= 11 is 0. The molecule has 66 valence electrons. The van der Waals surface area contributed by atoms with Crippen LogP contribution in [0.25, 0.3) is 0 Å². The largest absolute Gasteiger partial charge is 0.313 e. The smallest absolute Gasteiger partial charge is 0.0289 e. The maximum absolute atomic E-state index is 3.38. The molecule has 11 heavy (non-hydrogen) atoms. The Morgan fingerprint density at radius 1 is 1.45 bits per heavy atom. The summed E-state index contributed by atoms with van der Waals surface area (Å²) in [5.41, 5.74) is 0.365. The third kappa shape index (κ3) is 1.94. The molecule has 0 spiro atoms. The van der Waals surface area contributed by atoms with Gasteiger partial charge in [-0.1, -0.05) is 0 Å². The monoisotopic (exact) mass is 156 g/mol. The van der Waals surface area contributed by atoms with Crippen molar-refractivity contribution in [3.63, 3.8) is 0 Å². The first-order chi connectivity index (χ1) is 5.07. The third-order valence-electron chi connectivity index (χ3n) is 2.84. The minimum absolute atomic E-state index is 0.365. The lowest BCUT2D eigenvalue weighted by molar-refractivity contribution is 0.251. The molecule has 1 fully saturated rings. The van der Waals surface area contributed by atoms with E-state index in [2.05, 4.69) is 38.0 Å². The van der Waals surface area contributed by atoms with Gasteiger partial charge in [0.25, 0.3) is 0 Å². The van der Waals surface area contributed by atoms with Gasteiger partial charge in [0.05, 0.1) is 0 Å². The quantitative estimate of drug-likeness (QED) is 0.643. The molecule has 1 aliphatic rings. The normalized spacial score (nSPS) is 33.5. The molecule has 0 amide bonds. The van der Waals surface area contributed by atoms with E-state index in [1.54, 1.807) is 0 Å². The van der Waals surface area contributed by atoms with Gasteiger partial charge in [-0.05, 0) is 34.2 Å². The minimum Gasteiger partial charge on any atom is -0.313 e. The molecule has 1 aliphatic heterocycles. The molecule has 0 bridgehead atoms. The Hall–Kier alpha value is -0.0800. The van der Waals surface area contributed by atoms with Crippen molar-refractivity contribution >= 4 is 0 Å². The highest BCUT2D eigenvalue weighted by Gasteiger charge is 2.32. The second-order valence-corrected chi connectivity index (χ2v) is 4.12. The van der Waals surface area contributed by atoms with Crippen LogP contribution < -0.4 is 5.32 Å². The molecule has 0 aromatic carbocycles. The van der Waals surface area contributed by atoms with E-state index in [9.17, 15) is 0 Å². The maximum Gasteiger partial charge on any atom is 0.0289 e. The third-order valence-corrected chi connectivity index (χ3v) is 2.84. The van der Waals surface area contributed by atoms with Crippen LogP contribution in [0.1, 0.15) is 27.2 Å². The topological polar surface area (TPSA) is 15.3 Å². The van der Waals surface area contributed by atoms with E-state index in [1.165, 1.54) is 19.5 Å². The van der Waals surface area contributed by atoms with Crippen molar-refractivity contribution in [3.8, 4) is 0 Å². The highest BCUT2D eigenvalue weighted by molar-refractivity contribution is 4.93. The molecule has 1 rings (SSSR count). The zero-order valence-electron chi connectivity index (χ0n) is 8.15. The SMILES string of the molecule is CNC1(C)CCN(C(C)C)C1. The minimum atomic E-state index is 0.365. The van der Waals surface area contributed by atoms with Gasteiger partial charge < -0.3 is 5.32 Å². The lowest BCUT2D eigenvalue weighted by Gasteiger charge is -2.25. The molecule has 1 atom stereocenters. The van der Waals surface area contributed by atoms with Crippen molar-refractivity contribution in [2.75, 3.05) is 20.1 Å². The van der Waals surface area contributed by atoms with E-state index in [0.29, 0.717) is 11.6 Å². The summed E-state index contributed by atoms with van der Waals surface area (Å²) in [5, 5.41) is 3.38. The zero-order valence-corrected chi connectivity index (χ0v) is 8.15. The fourth-order valence-corrected chi connectivity index (χ4v) is 1.64. The Balaban J connectivity index is 2.46. The van der Waals surface area contributed by atoms with Gasteiger partial charge in [0, 0.05) is 24.7 Å². The number of nitrogens with zero attached hydrogens (tertiary/aromatic N) is 1. The predicted octanol–water partition coefficient (Wildman–Crippen LogP) is 1.08. The van der Waals surface area contributed by atoms with Crippen LogP contribution in [0.5, 0.6) is 0 Å². The molecule has 1 heterocycles. The first-order valence-electron chi connectivity index (χ1n) is 4.50. The summed E-state index contributed by atoms with van der Waals surface area (Å²) in [4.78, 5) is 2.52. The van der Waals surface area contributed by atoms with E-state index in [1.807, 2.05) is 0 Å². The maximum atomic E-state index is 3.38. The van der Waals surface area contributed by atoms with Crippen LogP contribution in [0.2, 0.25) is 0 Å². The summed E-state index contributed by atoms with van der Waals surface area (Å²) in [7, 11) is 2.06. The second kappa shape index (κ2) is 3.11. The van der Waals surface area contributed by atoms with Crippen LogP contribution in [-0.2, 0) is 0 Å². The van der Waals surface area contributed by atoms with Crippen LogP contribution in [0, 0.1) is 0 Å². The molecule has 1 saturated heterocycles. The van der Waals surface area contributed by atoms with E-state index in [4.69, 9.17) is 0 Å². The molecule has 0 radical (unpaired) electrons. The van der Waals surface area contributed by atoms with Crippen molar-refractivity contribution in [1.82, 2.24) is 10.2 Å². The van der Waals surface area contributed by atoms with Crippen molar-refractivity contribution in [3.05, 3.63) is 0 Å². The number of nitrogens with one attached hydrogen (secondary N) is 1. The molecule has 0 aromatic heterocycles. The summed E-state index contributed by atoms with van der Waals surface area (Å²) in [6.45, 7) is 9.27. The number of likely N-dealkylation sites (tertiary alicyclic amines) is 1. The van der Waals surface area contributed by atoms with Crippen molar-refractivity contribution in [2.24, 2.45) is 0 Å². The Morgan fingerprint density at radius 2 is 2.09 bits per heavy atom. The molecule has 0 saturated carbocycles. The number of hydrogen-bond donors (Lipinski definition) is 1. The Labute approximate surface area is 70.0 Å². The first kappa shape index (κ1) is 9.01. The number of rotatable bonds is 2. The van der Waals surface area contributed by atoms with Crippen LogP contribution in [0.3, 0.4) is 0 Å². The molecule has 1 N–H and O–H groups in total. The average Bonchev–Trinajstić information content (AvgIpc) is 2.33. The summed E-state index contributed by atoms with van der Waals surface area (Å²) in [5.74, 6) is 0. The van der Waals surface area contributed by atoms with Gasteiger partial charge in [0.1, 0.15) is 0 Å². The Bertz CT molecular complexity index is 134. The summed E-state index contributed by atoms with van der Waals surface area (Å²) < 4.78 is 0. The molecule has 0 aromatic rings. The average molecular weight is 156 g/mol. The molecule has 1 unspecified atom stereocenters. The highest BCUT2D eigenvalue weighted by Crippen LogP contribution is 2.21. The molecule has 2 nitrogen and oxygen atoms in total. The van der Waals surface area contributed by atoms with E-state index >= 15 is 0 Å². The number of likely N-dealkylation sites (N-methyl/N-ethyl adjacent to an activating group) is 1. The van der Waals surface area contributed by atoms with Gasteiger partial charge in [-0.3, -0.25) is 4.90 Å².